The highest BCUT2D eigenvalue weighted by Gasteiger charge is 2.21. The van der Waals surface area contributed by atoms with Gasteiger partial charge in [-0.3, -0.25) is 10.1 Å². The molecular weight excluding hydrogens is 202 g/mol. The second-order valence-electron chi connectivity index (χ2n) is 2.90. The lowest BCUT2D eigenvalue weighted by Crippen LogP contribution is -2.04. The highest BCUT2D eigenvalue weighted by atomic mass is 16.6. The summed E-state index contributed by atoms with van der Waals surface area (Å²) in [6.45, 7) is 1.61. The van der Waals surface area contributed by atoms with Crippen molar-refractivity contribution < 1.29 is 19.6 Å². The summed E-state index contributed by atoms with van der Waals surface area (Å²) in [6, 6.07) is 2.33. The summed E-state index contributed by atoms with van der Waals surface area (Å²) in [4.78, 5) is 20.6. The van der Waals surface area contributed by atoms with Gasteiger partial charge in [0.2, 0.25) is 0 Å². The van der Waals surface area contributed by atoms with E-state index >= 15 is 0 Å². The Bertz CT molecular complexity index is 427. The highest BCUT2D eigenvalue weighted by molar-refractivity contribution is 5.93. The maximum atomic E-state index is 10.7. The molecule has 0 amide bonds. The smallest absolute Gasteiger partial charge is 0.342 e. The molecule has 0 radical (unpaired) electrons. The van der Waals surface area contributed by atoms with Crippen LogP contribution in [0.1, 0.15) is 15.9 Å². The number of aryl methyl sites for hydroxylation is 1. The summed E-state index contributed by atoms with van der Waals surface area (Å²) in [5, 5.41) is 19.3. The van der Waals surface area contributed by atoms with Crippen molar-refractivity contribution in [2.75, 3.05) is 7.11 Å². The number of rotatable bonds is 3. The molecule has 6 heteroatoms. The van der Waals surface area contributed by atoms with E-state index in [4.69, 9.17) is 9.84 Å². The van der Waals surface area contributed by atoms with Crippen LogP contribution in [0.15, 0.2) is 12.1 Å². The van der Waals surface area contributed by atoms with Gasteiger partial charge in [0.25, 0.3) is 5.69 Å². The summed E-state index contributed by atoms with van der Waals surface area (Å²) in [7, 11) is 1.37. The van der Waals surface area contributed by atoms with Crippen molar-refractivity contribution in [3.8, 4) is 5.75 Å². The molecule has 1 rings (SSSR count). The van der Waals surface area contributed by atoms with E-state index in [0.717, 1.165) is 6.07 Å². The minimum Gasteiger partial charge on any atom is -0.496 e. The van der Waals surface area contributed by atoms with Crippen molar-refractivity contribution >= 4 is 11.7 Å². The number of nitro benzene ring substituents is 1. The monoisotopic (exact) mass is 211 g/mol. The average Bonchev–Trinajstić information content (AvgIpc) is 2.16. The van der Waals surface area contributed by atoms with Crippen LogP contribution in [0, 0.1) is 17.0 Å². The number of carboxylic acids is 1. The van der Waals surface area contributed by atoms with Crippen LogP contribution >= 0.6 is 0 Å². The molecule has 0 unspecified atom stereocenters. The van der Waals surface area contributed by atoms with Gasteiger partial charge in [-0.1, -0.05) is 0 Å². The van der Waals surface area contributed by atoms with E-state index in [1.54, 1.807) is 6.92 Å². The molecule has 0 aromatic heterocycles. The molecule has 6 nitrogen and oxygen atoms in total. The Hall–Kier alpha value is -2.11. The van der Waals surface area contributed by atoms with E-state index in [0.29, 0.717) is 11.3 Å². The Morgan fingerprint density at radius 1 is 1.53 bits per heavy atom. The van der Waals surface area contributed by atoms with E-state index in [-0.39, 0.29) is 5.56 Å². The van der Waals surface area contributed by atoms with Crippen LogP contribution in [0.25, 0.3) is 0 Å². The molecule has 0 bridgehead atoms. The van der Waals surface area contributed by atoms with Crippen LogP contribution < -0.4 is 4.74 Å². The number of aromatic carboxylic acids is 1. The largest absolute Gasteiger partial charge is 0.496 e. The fourth-order valence-electron chi connectivity index (χ4n) is 1.22. The zero-order valence-corrected chi connectivity index (χ0v) is 8.18. The van der Waals surface area contributed by atoms with Crippen LogP contribution in [0.3, 0.4) is 0 Å². The normalized spacial score (nSPS) is 9.73. The Balaban J connectivity index is 3.45. The first kappa shape index (κ1) is 11.0. The third kappa shape index (κ3) is 2.04. The molecule has 0 atom stereocenters. The Morgan fingerprint density at radius 3 is 2.53 bits per heavy atom. The van der Waals surface area contributed by atoms with E-state index in [9.17, 15) is 14.9 Å². The molecule has 0 spiro atoms. The Kier molecular flexibility index (Phi) is 2.89. The van der Waals surface area contributed by atoms with Crippen LogP contribution in [0.4, 0.5) is 5.69 Å². The SMILES string of the molecule is COc1cc(C(=O)O)c([N+](=O)[O-])cc1C. The molecular formula is C9H9NO5. The van der Waals surface area contributed by atoms with E-state index in [2.05, 4.69) is 0 Å². The molecule has 1 N–H and O–H groups in total. The number of hydrogen-bond acceptors (Lipinski definition) is 4. The van der Waals surface area contributed by atoms with Crippen molar-refractivity contribution in [1.82, 2.24) is 0 Å². The van der Waals surface area contributed by atoms with Gasteiger partial charge in [0, 0.05) is 12.1 Å². The number of carboxylic acid groups (broad SMARTS) is 1. The first-order chi connectivity index (χ1) is 6.97. The number of nitro groups is 1. The molecule has 0 aliphatic heterocycles. The lowest BCUT2D eigenvalue weighted by Gasteiger charge is -2.05. The van der Waals surface area contributed by atoms with Crippen molar-refractivity contribution in [3.05, 3.63) is 33.4 Å². The summed E-state index contributed by atoms with van der Waals surface area (Å²) in [5.41, 5.74) is -0.280. The van der Waals surface area contributed by atoms with Gasteiger partial charge in [-0.25, -0.2) is 4.79 Å². The standard InChI is InChI=1S/C9H9NO5/c1-5-3-7(10(13)14)6(9(11)12)4-8(5)15-2/h3-4H,1-2H3,(H,11,12). The Morgan fingerprint density at radius 2 is 2.13 bits per heavy atom. The van der Waals surface area contributed by atoms with Crippen LogP contribution in [0.2, 0.25) is 0 Å². The Labute approximate surface area is 85.2 Å². The molecule has 1 aromatic carbocycles. The number of benzene rings is 1. The van der Waals surface area contributed by atoms with Crippen LogP contribution in [0.5, 0.6) is 5.75 Å². The predicted molar refractivity (Wildman–Crippen MR) is 51.3 cm³/mol. The molecule has 1 aromatic rings. The summed E-state index contributed by atoms with van der Waals surface area (Å²) in [5.74, 6) is -1.03. The molecule has 0 fully saturated rings. The molecule has 0 saturated heterocycles. The van der Waals surface area contributed by atoms with Crippen LogP contribution in [-0.2, 0) is 0 Å². The minimum absolute atomic E-state index is 0.318. The second kappa shape index (κ2) is 3.95. The van der Waals surface area contributed by atoms with Crippen LogP contribution in [-0.4, -0.2) is 23.1 Å². The van der Waals surface area contributed by atoms with E-state index in [1.807, 2.05) is 0 Å². The van der Waals surface area contributed by atoms with Crippen molar-refractivity contribution in [1.29, 1.82) is 0 Å². The molecule has 15 heavy (non-hydrogen) atoms. The maximum absolute atomic E-state index is 10.7. The quantitative estimate of drug-likeness (QED) is 0.605. The zero-order chi connectivity index (χ0) is 11.6. The van der Waals surface area contributed by atoms with Gasteiger partial charge in [0.1, 0.15) is 11.3 Å². The van der Waals surface area contributed by atoms with Gasteiger partial charge in [-0.15, -0.1) is 0 Å². The number of nitrogens with zero attached hydrogens (tertiary/aromatic N) is 1. The fourth-order valence-corrected chi connectivity index (χ4v) is 1.22. The number of carbonyl (C=O) groups is 1. The van der Waals surface area contributed by atoms with Gasteiger partial charge in [0.05, 0.1) is 12.0 Å². The zero-order valence-electron chi connectivity index (χ0n) is 8.18. The van der Waals surface area contributed by atoms with Gasteiger partial charge < -0.3 is 9.84 Å². The van der Waals surface area contributed by atoms with Gasteiger partial charge in [-0.2, -0.15) is 0 Å². The minimum atomic E-state index is -1.35. The molecule has 80 valence electrons. The van der Waals surface area contributed by atoms with Crippen molar-refractivity contribution in [2.45, 2.75) is 6.92 Å². The third-order valence-electron chi connectivity index (χ3n) is 1.94. The first-order valence-corrected chi connectivity index (χ1v) is 4.03. The molecule has 0 heterocycles. The summed E-state index contributed by atoms with van der Waals surface area (Å²) in [6.07, 6.45) is 0. The lowest BCUT2D eigenvalue weighted by atomic mass is 10.1. The van der Waals surface area contributed by atoms with Crippen molar-refractivity contribution in [3.63, 3.8) is 0 Å². The van der Waals surface area contributed by atoms with E-state index < -0.39 is 16.6 Å². The lowest BCUT2D eigenvalue weighted by molar-refractivity contribution is -0.385. The van der Waals surface area contributed by atoms with Gasteiger partial charge in [0.15, 0.2) is 0 Å². The predicted octanol–water partition coefficient (Wildman–Crippen LogP) is 1.61. The first-order valence-electron chi connectivity index (χ1n) is 4.03. The maximum Gasteiger partial charge on any atom is 0.342 e. The number of methoxy groups -OCH3 is 1. The average molecular weight is 211 g/mol. The van der Waals surface area contributed by atoms with Crippen molar-refractivity contribution in [2.24, 2.45) is 0 Å². The molecule has 0 aliphatic carbocycles. The fraction of sp³-hybridized carbons (Fsp3) is 0.222. The third-order valence-corrected chi connectivity index (χ3v) is 1.94. The molecule has 0 aliphatic rings. The molecule has 0 saturated carbocycles. The number of hydrogen-bond donors (Lipinski definition) is 1. The van der Waals surface area contributed by atoms with Gasteiger partial charge in [-0.05, 0) is 12.5 Å². The topological polar surface area (TPSA) is 89.7 Å². The van der Waals surface area contributed by atoms with E-state index in [1.165, 1.54) is 13.2 Å². The summed E-state index contributed by atoms with van der Waals surface area (Å²) >= 11 is 0. The highest BCUT2D eigenvalue weighted by Crippen LogP contribution is 2.27. The summed E-state index contributed by atoms with van der Waals surface area (Å²) < 4.78 is 4.88. The van der Waals surface area contributed by atoms with Gasteiger partial charge >= 0.3 is 5.97 Å². The second-order valence-corrected chi connectivity index (χ2v) is 2.90. The number of ether oxygens (including phenoxy) is 1.